The Morgan fingerprint density at radius 1 is 1.60 bits per heavy atom. The van der Waals surface area contributed by atoms with E-state index in [4.69, 9.17) is 5.73 Å². The summed E-state index contributed by atoms with van der Waals surface area (Å²) in [5.41, 5.74) is 7.38. The summed E-state index contributed by atoms with van der Waals surface area (Å²) < 4.78 is 10.8. The minimum Gasteiger partial charge on any atom is -0.397 e. The van der Waals surface area contributed by atoms with Crippen LogP contribution in [-0.4, -0.2) is 27.7 Å². The molecule has 0 saturated carbocycles. The van der Waals surface area contributed by atoms with Gasteiger partial charge in [0.15, 0.2) is 0 Å². The van der Waals surface area contributed by atoms with Crippen LogP contribution in [0.25, 0.3) is 0 Å². The molecule has 0 amide bonds. The predicted molar refractivity (Wildman–Crippen MR) is 65.4 cm³/mol. The molecule has 15 heavy (non-hydrogen) atoms. The van der Waals surface area contributed by atoms with Crippen molar-refractivity contribution in [3.05, 3.63) is 17.8 Å². The average Bonchev–Trinajstić information content (AvgIpc) is 2.18. The maximum absolute atomic E-state index is 10.8. The minimum atomic E-state index is -0.712. The smallest absolute Gasteiger partial charge is 0.126 e. The highest BCUT2D eigenvalue weighted by atomic mass is 32.2. The van der Waals surface area contributed by atoms with Crippen LogP contribution < -0.4 is 11.1 Å². The fourth-order valence-electron chi connectivity index (χ4n) is 1.16. The molecule has 1 unspecified atom stereocenters. The highest BCUT2D eigenvalue weighted by Gasteiger charge is 1.97. The van der Waals surface area contributed by atoms with Crippen LogP contribution in [-0.2, 0) is 10.8 Å². The van der Waals surface area contributed by atoms with Crippen LogP contribution in [0, 0.1) is 6.92 Å². The summed E-state index contributed by atoms with van der Waals surface area (Å²) in [7, 11) is -0.712. The van der Waals surface area contributed by atoms with Crippen molar-refractivity contribution in [3.63, 3.8) is 0 Å². The number of hydrogen-bond donors (Lipinski definition) is 2. The van der Waals surface area contributed by atoms with Crippen molar-refractivity contribution in [2.45, 2.75) is 13.3 Å². The van der Waals surface area contributed by atoms with Crippen LogP contribution in [0.15, 0.2) is 12.3 Å². The first kappa shape index (κ1) is 12.0. The number of nitrogens with zero attached hydrogens (tertiary/aromatic N) is 1. The Balaban J connectivity index is 2.38. The third-order valence-electron chi connectivity index (χ3n) is 2.07. The molecule has 1 heterocycles. The van der Waals surface area contributed by atoms with Gasteiger partial charge in [-0.15, -0.1) is 0 Å². The molecule has 0 saturated heterocycles. The lowest BCUT2D eigenvalue weighted by Gasteiger charge is -2.06. The molecule has 5 heteroatoms. The number of anilines is 2. The molecule has 84 valence electrons. The second-order valence-corrected chi connectivity index (χ2v) is 5.04. The van der Waals surface area contributed by atoms with Crippen LogP contribution in [0.1, 0.15) is 12.0 Å². The summed E-state index contributed by atoms with van der Waals surface area (Å²) >= 11 is 0. The number of aryl methyl sites for hydroxylation is 1. The lowest BCUT2D eigenvalue weighted by molar-refractivity contribution is 0.685. The third kappa shape index (κ3) is 4.29. The maximum atomic E-state index is 10.8. The van der Waals surface area contributed by atoms with Gasteiger partial charge in [0, 0.05) is 29.4 Å². The molecule has 0 aliphatic heterocycles. The summed E-state index contributed by atoms with van der Waals surface area (Å²) in [5.74, 6) is 1.55. The number of nitrogens with one attached hydrogen (secondary N) is 1. The van der Waals surface area contributed by atoms with Gasteiger partial charge >= 0.3 is 0 Å². The standard InChI is InChI=1S/C10H17N3OS/c1-8-6-10(13-7-9(8)11)12-4-3-5-15(2)14/h6-7H,3-5,11H2,1-2H3,(H,12,13). The third-order valence-corrected chi connectivity index (χ3v) is 2.93. The molecule has 0 aliphatic carbocycles. The molecule has 0 spiro atoms. The molecule has 1 aromatic rings. The zero-order valence-corrected chi connectivity index (χ0v) is 9.93. The first-order chi connectivity index (χ1) is 7.09. The topological polar surface area (TPSA) is 68.0 Å². The van der Waals surface area contributed by atoms with Gasteiger partial charge in [0.05, 0.1) is 11.9 Å². The van der Waals surface area contributed by atoms with Gasteiger partial charge in [0.25, 0.3) is 0 Å². The van der Waals surface area contributed by atoms with Crippen LogP contribution in [0.5, 0.6) is 0 Å². The van der Waals surface area contributed by atoms with Gasteiger partial charge in [-0.25, -0.2) is 4.98 Å². The van der Waals surface area contributed by atoms with E-state index in [1.807, 2.05) is 13.0 Å². The Morgan fingerprint density at radius 3 is 2.93 bits per heavy atom. The normalized spacial score (nSPS) is 12.4. The molecular formula is C10H17N3OS. The Labute approximate surface area is 92.7 Å². The molecule has 0 aromatic carbocycles. The first-order valence-electron chi connectivity index (χ1n) is 4.85. The van der Waals surface area contributed by atoms with Crippen molar-refractivity contribution in [1.82, 2.24) is 4.98 Å². The van der Waals surface area contributed by atoms with Crippen LogP contribution in [0.3, 0.4) is 0 Å². The zero-order valence-electron chi connectivity index (χ0n) is 9.12. The fourth-order valence-corrected chi connectivity index (χ4v) is 1.71. The second-order valence-electron chi connectivity index (χ2n) is 3.48. The van der Waals surface area contributed by atoms with Gasteiger partial charge in [-0.1, -0.05) is 0 Å². The van der Waals surface area contributed by atoms with Crippen molar-refractivity contribution < 1.29 is 4.21 Å². The number of nitrogens with two attached hydrogens (primary N) is 1. The summed E-state index contributed by atoms with van der Waals surface area (Å²) in [6, 6.07) is 1.91. The van der Waals surface area contributed by atoms with Gasteiger partial charge in [-0.3, -0.25) is 4.21 Å². The van der Waals surface area contributed by atoms with Crippen LogP contribution in [0.4, 0.5) is 11.5 Å². The van der Waals surface area contributed by atoms with E-state index in [-0.39, 0.29) is 0 Å². The van der Waals surface area contributed by atoms with Gasteiger partial charge in [-0.2, -0.15) is 0 Å². The molecule has 0 bridgehead atoms. The summed E-state index contributed by atoms with van der Waals surface area (Å²) in [5, 5.41) is 3.17. The van der Waals surface area contributed by atoms with Crippen molar-refractivity contribution in [2.24, 2.45) is 0 Å². The van der Waals surface area contributed by atoms with Crippen LogP contribution in [0.2, 0.25) is 0 Å². The molecule has 4 nitrogen and oxygen atoms in total. The van der Waals surface area contributed by atoms with E-state index in [9.17, 15) is 4.21 Å². The van der Waals surface area contributed by atoms with Crippen molar-refractivity contribution in [2.75, 3.05) is 29.6 Å². The first-order valence-corrected chi connectivity index (χ1v) is 6.58. The predicted octanol–water partition coefficient (Wildman–Crippen LogP) is 1.15. The molecule has 0 fully saturated rings. The summed E-state index contributed by atoms with van der Waals surface area (Å²) in [6.07, 6.45) is 4.25. The fraction of sp³-hybridized carbons (Fsp3) is 0.500. The van der Waals surface area contributed by atoms with E-state index in [2.05, 4.69) is 10.3 Å². The Morgan fingerprint density at radius 2 is 2.33 bits per heavy atom. The summed E-state index contributed by atoms with van der Waals surface area (Å²) in [4.78, 5) is 4.14. The quantitative estimate of drug-likeness (QED) is 0.741. The van der Waals surface area contributed by atoms with Gasteiger partial charge in [0.1, 0.15) is 5.82 Å². The van der Waals surface area contributed by atoms with Crippen molar-refractivity contribution in [1.29, 1.82) is 0 Å². The highest BCUT2D eigenvalue weighted by Crippen LogP contribution is 2.12. The highest BCUT2D eigenvalue weighted by molar-refractivity contribution is 7.84. The number of hydrogen-bond acceptors (Lipinski definition) is 4. The monoisotopic (exact) mass is 227 g/mol. The van der Waals surface area contributed by atoms with Gasteiger partial charge in [0.2, 0.25) is 0 Å². The second kappa shape index (κ2) is 5.70. The molecule has 1 aromatic heterocycles. The van der Waals surface area contributed by atoms with Crippen molar-refractivity contribution >= 4 is 22.3 Å². The SMILES string of the molecule is Cc1cc(NCCCS(C)=O)ncc1N. The Kier molecular flexibility index (Phi) is 4.55. The minimum absolute atomic E-state index is 0.704. The molecule has 0 radical (unpaired) electrons. The number of pyridine rings is 1. The van der Waals surface area contributed by atoms with Crippen molar-refractivity contribution in [3.8, 4) is 0 Å². The van der Waals surface area contributed by atoms with Crippen LogP contribution >= 0.6 is 0 Å². The zero-order chi connectivity index (χ0) is 11.3. The van der Waals surface area contributed by atoms with E-state index < -0.39 is 10.8 Å². The van der Waals surface area contributed by atoms with E-state index in [0.29, 0.717) is 5.69 Å². The van der Waals surface area contributed by atoms with Gasteiger partial charge < -0.3 is 11.1 Å². The molecule has 0 aliphatic rings. The average molecular weight is 227 g/mol. The Hall–Kier alpha value is -1.10. The van der Waals surface area contributed by atoms with E-state index in [0.717, 1.165) is 30.1 Å². The van der Waals surface area contributed by atoms with E-state index >= 15 is 0 Å². The lowest BCUT2D eigenvalue weighted by Crippen LogP contribution is -2.07. The number of aromatic nitrogens is 1. The van der Waals surface area contributed by atoms with Gasteiger partial charge in [-0.05, 0) is 25.0 Å². The molecular weight excluding hydrogens is 210 g/mol. The number of rotatable bonds is 5. The lowest BCUT2D eigenvalue weighted by atomic mass is 10.2. The van der Waals surface area contributed by atoms with E-state index in [1.54, 1.807) is 12.5 Å². The largest absolute Gasteiger partial charge is 0.397 e. The van der Waals surface area contributed by atoms with E-state index in [1.165, 1.54) is 0 Å². The molecule has 1 atom stereocenters. The summed E-state index contributed by atoms with van der Waals surface area (Å²) in [6.45, 7) is 2.74. The maximum Gasteiger partial charge on any atom is 0.126 e. The molecule has 1 rings (SSSR count). The Bertz CT molecular complexity index is 355. The molecule has 3 N–H and O–H groups in total. The number of nitrogen functional groups attached to an aromatic ring is 1.